The Morgan fingerprint density at radius 2 is 1.77 bits per heavy atom. The molecule has 0 spiro atoms. The summed E-state index contributed by atoms with van der Waals surface area (Å²) in [6.07, 6.45) is 4.82. The van der Waals surface area contributed by atoms with E-state index in [1.807, 2.05) is 31.3 Å². The van der Waals surface area contributed by atoms with Gasteiger partial charge in [0, 0.05) is 61.8 Å². The average molecular weight is 772 g/mol. The van der Waals surface area contributed by atoms with Crippen LogP contribution in [0.1, 0.15) is 73.1 Å². The molecule has 2 fully saturated rings. The molecule has 4 aromatic heterocycles. The summed E-state index contributed by atoms with van der Waals surface area (Å²) < 4.78 is 63.4. The van der Waals surface area contributed by atoms with Crippen molar-refractivity contribution in [2.75, 3.05) is 26.2 Å². The minimum atomic E-state index is -5.01. The molecule has 292 valence electrons. The molecule has 7 rings (SSSR count). The maximum atomic E-state index is 14.6. The molecule has 0 radical (unpaired) electrons. The molecule has 2 aliphatic heterocycles. The number of pyridine rings is 1. The molecule has 6 heterocycles. The van der Waals surface area contributed by atoms with E-state index in [1.54, 1.807) is 21.6 Å². The molecule has 2 aliphatic rings. The van der Waals surface area contributed by atoms with E-state index in [1.165, 1.54) is 16.8 Å². The van der Waals surface area contributed by atoms with Gasteiger partial charge in [-0.3, -0.25) is 23.7 Å². The van der Waals surface area contributed by atoms with Gasteiger partial charge < -0.3 is 9.64 Å². The predicted octanol–water partition coefficient (Wildman–Crippen LogP) is 6.58. The minimum Gasteiger partial charge on any atom is -0.443 e. The Kier molecular flexibility index (Phi) is 10.6. The third-order valence-corrected chi connectivity index (χ3v) is 10.8. The topological polar surface area (TPSA) is 135 Å². The Morgan fingerprint density at radius 3 is 2.45 bits per heavy atom. The van der Waals surface area contributed by atoms with E-state index < -0.39 is 40.6 Å². The summed E-state index contributed by atoms with van der Waals surface area (Å²) in [5.41, 5.74) is 1.09. The number of nitriles is 1. The molecule has 0 N–H and O–H groups in total. The van der Waals surface area contributed by atoms with Crippen molar-refractivity contribution in [1.82, 2.24) is 39.1 Å². The van der Waals surface area contributed by atoms with Crippen molar-refractivity contribution in [3.05, 3.63) is 95.7 Å². The lowest BCUT2D eigenvalue weighted by Crippen LogP contribution is -2.66. The molecule has 0 bridgehead atoms. The zero-order valence-electron chi connectivity index (χ0n) is 31.2. The maximum Gasteiger partial charge on any atom is 0.436 e. The second-order valence-electron chi connectivity index (χ2n) is 15.1. The van der Waals surface area contributed by atoms with Crippen molar-refractivity contribution in [2.24, 2.45) is 5.92 Å². The van der Waals surface area contributed by atoms with Crippen molar-refractivity contribution in [3.63, 3.8) is 0 Å². The lowest BCUT2D eigenvalue weighted by atomic mass is 9.83. The van der Waals surface area contributed by atoms with Crippen molar-refractivity contribution in [3.8, 4) is 17.3 Å². The first kappa shape index (κ1) is 38.6. The molecule has 5 aromatic rings. The highest BCUT2D eigenvalue weighted by Gasteiger charge is 2.48. The van der Waals surface area contributed by atoms with Crippen molar-refractivity contribution in [1.29, 1.82) is 5.26 Å². The van der Waals surface area contributed by atoms with Gasteiger partial charge >= 0.3 is 12.1 Å². The van der Waals surface area contributed by atoms with E-state index in [-0.39, 0.29) is 38.3 Å². The van der Waals surface area contributed by atoms with E-state index in [0.29, 0.717) is 43.2 Å². The van der Waals surface area contributed by atoms with Gasteiger partial charge in [-0.05, 0) is 55.4 Å². The van der Waals surface area contributed by atoms with Crippen LogP contribution in [0.15, 0.2) is 67.5 Å². The number of esters is 1. The van der Waals surface area contributed by atoms with Gasteiger partial charge in [0.2, 0.25) is 0 Å². The number of carbonyl (C=O) groups excluding carboxylic acids is 2. The number of likely N-dealkylation sites (tertiary alicyclic amines) is 2. The Labute approximate surface area is 320 Å². The highest BCUT2D eigenvalue weighted by Crippen LogP contribution is 2.38. The summed E-state index contributed by atoms with van der Waals surface area (Å²) in [4.78, 5) is 41.7. The zero-order chi connectivity index (χ0) is 39.8. The Balaban J connectivity index is 0.978. The van der Waals surface area contributed by atoms with Crippen LogP contribution in [-0.4, -0.2) is 83.2 Å². The standard InChI is InChI=1S/C40H41F4N9O3/c1-25(2)18-27-4-6-28(7-5-27)26(3)38(55)56-24-51-17-11-32-34(47-23-48-36(32)51)29-19-49-53(20-29)39(12-13-45)21-52(22-39)30-9-15-50(16-10-30)37(54)31-8-14-46-35(33(31)41)40(42,43)44/h4-8,11,14,17,19-20,23,25-26,30H,9-10,12,15-16,18,21-22,24H2,1-3H3/t26-/m1/s1. The molecule has 12 nitrogen and oxygen atoms in total. The molecule has 1 aromatic carbocycles. The van der Waals surface area contributed by atoms with E-state index in [9.17, 15) is 32.4 Å². The molecule has 56 heavy (non-hydrogen) atoms. The first-order valence-corrected chi connectivity index (χ1v) is 18.5. The SMILES string of the molecule is CC(C)Cc1ccc([C@@H](C)C(=O)OCn2ccc3c(-c4cnn(C5(CC#N)CN(C6CCN(C(=O)c7ccnc(C(F)(F)F)c7F)CC6)C5)c4)ncnc32)cc1. The number of ether oxygens (including phenoxy) is 1. The molecule has 1 atom stereocenters. The predicted molar refractivity (Wildman–Crippen MR) is 196 cm³/mol. The van der Waals surface area contributed by atoms with Gasteiger partial charge in [0.1, 0.15) is 17.5 Å². The molecule has 0 saturated carbocycles. The van der Waals surface area contributed by atoms with Crippen molar-refractivity contribution >= 4 is 22.9 Å². The van der Waals surface area contributed by atoms with Crippen molar-refractivity contribution < 1.29 is 31.9 Å². The number of rotatable bonds is 11. The summed E-state index contributed by atoms with van der Waals surface area (Å²) in [7, 11) is 0. The molecular formula is C40H41F4N9O3. The largest absolute Gasteiger partial charge is 0.443 e. The number of carbonyl (C=O) groups is 2. The van der Waals surface area contributed by atoms with Gasteiger partial charge in [0.05, 0.1) is 35.9 Å². The summed E-state index contributed by atoms with van der Waals surface area (Å²) in [6, 6.07) is 13.2. The molecule has 0 unspecified atom stereocenters. The Bertz CT molecular complexity index is 2260. The van der Waals surface area contributed by atoms with E-state index in [0.717, 1.165) is 35.2 Å². The van der Waals surface area contributed by atoms with Crippen LogP contribution in [0, 0.1) is 23.1 Å². The van der Waals surface area contributed by atoms with E-state index in [4.69, 9.17) is 4.74 Å². The summed E-state index contributed by atoms with van der Waals surface area (Å²) >= 11 is 0. The third kappa shape index (κ3) is 7.60. The lowest BCUT2D eigenvalue weighted by Gasteiger charge is -2.53. The highest BCUT2D eigenvalue weighted by molar-refractivity contribution is 5.94. The first-order chi connectivity index (χ1) is 26.8. The van der Waals surface area contributed by atoms with Crippen LogP contribution in [0.2, 0.25) is 0 Å². The van der Waals surface area contributed by atoms with Crippen molar-refractivity contribution in [2.45, 2.75) is 76.9 Å². The quantitative estimate of drug-likeness (QED) is 0.108. The van der Waals surface area contributed by atoms with Gasteiger partial charge in [-0.15, -0.1) is 0 Å². The number of piperidine rings is 1. The van der Waals surface area contributed by atoms with Crippen LogP contribution in [-0.2, 0) is 34.4 Å². The normalized spacial score (nSPS) is 16.8. The van der Waals surface area contributed by atoms with Crippen LogP contribution < -0.4 is 0 Å². The summed E-state index contributed by atoms with van der Waals surface area (Å²) in [5, 5.41) is 15.2. The molecular weight excluding hydrogens is 730 g/mol. The van der Waals surface area contributed by atoms with Gasteiger partial charge in [-0.25, -0.2) is 19.3 Å². The number of amides is 1. The number of halogens is 4. The maximum absolute atomic E-state index is 14.6. The van der Waals surface area contributed by atoms with Crippen LogP contribution in [0.3, 0.4) is 0 Å². The third-order valence-electron chi connectivity index (χ3n) is 10.8. The Morgan fingerprint density at radius 1 is 1.04 bits per heavy atom. The van der Waals surface area contributed by atoms with Crippen LogP contribution in [0.25, 0.3) is 22.3 Å². The summed E-state index contributed by atoms with van der Waals surface area (Å²) in [6.45, 7) is 7.67. The lowest BCUT2D eigenvalue weighted by molar-refractivity contribution is -0.148. The van der Waals surface area contributed by atoms with E-state index >= 15 is 0 Å². The van der Waals surface area contributed by atoms with Gasteiger partial charge in [0.15, 0.2) is 18.2 Å². The van der Waals surface area contributed by atoms with Crippen LogP contribution in [0.5, 0.6) is 0 Å². The number of fused-ring (bicyclic) bond motifs is 1. The number of aromatic nitrogens is 6. The highest BCUT2D eigenvalue weighted by atomic mass is 19.4. The average Bonchev–Trinajstić information content (AvgIpc) is 3.83. The second-order valence-corrected chi connectivity index (χ2v) is 15.1. The van der Waals surface area contributed by atoms with Gasteiger partial charge in [0.25, 0.3) is 5.91 Å². The second kappa shape index (κ2) is 15.4. The fraction of sp³-hybridized carbons (Fsp3) is 0.425. The number of alkyl halides is 3. The fourth-order valence-corrected chi connectivity index (χ4v) is 7.71. The van der Waals surface area contributed by atoms with Crippen LogP contribution in [0.4, 0.5) is 17.6 Å². The minimum absolute atomic E-state index is 0.0262. The van der Waals surface area contributed by atoms with Gasteiger partial charge in [-0.2, -0.15) is 23.5 Å². The number of benzene rings is 1. The number of hydrogen-bond acceptors (Lipinski definition) is 9. The number of hydrogen-bond donors (Lipinski definition) is 0. The molecule has 1 amide bonds. The summed E-state index contributed by atoms with van der Waals surface area (Å²) in [5.74, 6) is -2.72. The molecule has 2 saturated heterocycles. The monoisotopic (exact) mass is 771 g/mol. The molecule has 0 aliphatic carbocycles. The molecule has 16 heteroatoms. The Hall–Kier alpha value is -5.69. The van der Waals surface area contributed by atoms with E-state index in [2.05, 4.69) is 57.0 Å². The first-order valence-electron chi connectivity index (χ1n) is 18.5. The smallest absolute Gasteiger partial charge is 0.436 e. The zero-order valence-corrected chi connectivity index (χ0v) is 31.2. The fourth-order valence-electron chi connectivity index (χ4n) is 7.71. The van der Waals surface area contributed by atoms with Gasteiger partial charge in [-0.1, -0.05) is 38.1 Å². The number of nitrogens with zero attached hydrogens (tertiary/aromatic N) is 9. The van der Waals surface area contributed by atoms with Crippen LogP contribution >= 0.6 is 0 Å².